The summed E-state index contributed by atoms with van der Waals surface area (Å²) in [5, 5.41) is 2.55. The van der Waals surface area contributed by atoms with Crippen molar-refractivity contribution in [2.75, 3.05) is 11.9 Å². The highest BCUT2D eigenvalue weighted by Gasteiger charge is 2.30. The zero-order valence-corrected chi connectivity index (χ0v) is 13.3. The fourth-order valence-corrected chi connectivity index (χ4v) is 1.93. The molecule has 22 heavy (non-hydrogen) atoms. The molecule has 0 aliphatic heterocycles. The summed E-state index contributed by atoms with van der Waals surface area (Å²) >= 11 is 0. The number of carbonyl (C=O) groups excluding carboxylic acids is 1. The van der Waals surface area contributed by atoms with Gasteiger partial charge in [0.15, 0.2) is 0 Å². The van der Waals surface area contributed by atoms with E-state index in [9.17, 15) is 18.0 Å². The number of hydrogen-bond acceptors (Lipinski definition) is 2. The lowest BCUT2D eigenvalue weighted by molar-refractivity contribution is -0.137. The van der Waals surface area contributed by atoms with Gasteiger partial charge in [-0.3, -0.25) is 4.79 Å². The number of alkyl halides is 3. The molecule has 0 aliphatic carbocycles. The maximum Gasteiger partial charge on any atom is 0.416 e. The molecule has 0 radical (unpaired) electrons. The van der Waals surface area contributed by atoms with Crippen LogP contribution in [0.1, 0.15) is 43.2 Å². The monoisotopic (exact) mass is 338 g/mol. The van der Waals surface area contributed by atoms with Gasteiger partial charge in [0.05, 0.1) is 5.56 Å². The van der Waals surface area contributed by atoms with E-state index < -0.39 is 11.7 Å². The fraction of sp³-hybridized carbons (Fsp3) is 0.533. The average Bonchev–Trinajstić information content (AvgIpc) is 2.40. The van der Waals surface area contributed by atoms with Crippen LogP contribution in [-0.4, -0.2) is 12.5 Å². The van der Waals surface area contributed by atoms with Crippen molar-refractivity contribution in [2.24, 2.45) is 5.73 Å². The standard InChI is InChI=1S/C15H21F3N2O.ClH/c1-11-7-8-12(15(16,17)18)10-13(11)20-14(21)6-4-2-3-5-9-19;/h7-8,10H,2-6,9,19H2,1H3,(H,20,21);1H. The molecule has 126 valence electrons. The normalized spacial score (nSPS) is 11.0. The Hall–Kier alpha value is -1.27. The molecule has 3 nitrogen and oxygen atoms in total. The molecule has 0 aliphatic rings. The van der Waals surface area contributed by atoms with Crippen LogP contribution in [0.3, 0.4) is 0 Å². The molecule has 0 bridgehead atoms. The first kappa shape index (κ1) is 20.7. The van der Waals surface area contributed by atoms with Crippen LogP contribution in [0.5, 0.6) is 0 Å². The predicted octanol–water partition coefficient (Wildman–Crippen LogP) is 4.28. The van der Waals surface area contributed by atoms with Gasteiger partial charge in [-0.15, -0.1) is 12.4 Å². The summed E-state index contributed by atoms with van der Waals surface area (Å²) in [6.07, 6.45) is -0.605. The van der Waals surface area contributed by atoms with Crippen molar-refractivity contribution in [1.29, 1.82) is 0 Å². The maximum absolute atomic E-state index is 12.6. The van der Waals surface area contributed by atoms with Crippen LogP contribution in [0.4, 0.5) is 18.9 Å². The number of benzene rings is 1. The van der Waals surface area contributed by atoms with E-state index in [1.54, 1.807) is 6.92 Å². The predicted molar refractivity (Wildman–Crippen MR) is 84.2 cm³/mol. The minimum atomic E-state index is -4.41. The van der Waals surface area contributed by atoms with Crippen LogP contribution in [0, 0.1) is 6.92 Å². The minimum absolute atomic E-state index is 0. The molecular formula is C15H22ClF3N2O. The molecule has 0 saturated carbocycles. The van der Waals surface area contributed by atoms with Gasteiger partial charge in [-0.05, 0) is 44.0 Å². The van der Waals surface area contributed by atoms with Gasteiger partial charge in [-0.25, -0.2) is 0 Å². The lowest BCUT2D eigenvalue weighted by atomic mass is 10.1. The van der Waals surface area contributed by atoms with Gasteiger partial charge in [-0.1, -0.05) is 18.9 Å². The highest BCUT2D eigenvalue weighted by atomic mass is 35.5. The third kappa shape index (κ3) is 7.13. The van der Waals surface area contributed by atoms with Gasteiger partial charge in [-0.2, -0.15) is 13.2 Å². The van der Waals surface area contributed by atoms with Gasteiger partial charge in [0.25, 0.3) is 0 Å². The van der Waals surface area contributed by atoms with E-state index in [0.717, 1.165) is 31.4 Å². The van der Waals surface area contributed by atoms with Crippen molar-refractivity contribution in [2.45, 2.75) is 45.2 Å². The van der Waals surface area contributed by atoms with Crippen LogP contribution in [0.15, 0.2) is 18.2 Å². The molecule has 0 unspecified atom stereocenters. The number of rotatable bonds is 7. The van der Waals surface area contributed by atoms with Crippen LogP contribution < -0.4 is 11.1 Å². The fourth-order valence-electron chi connectivity index (χ4n) is 1.93. The average molecular weight is 339 g/mol. The maximum atomic E-state index is 12.6. The SMILES string of the molecule is Cc1ccc(C(F)(F)F)cc1NC(=O)CCCCCCN.Cl. The highest BCUT2D eigenvalue weighted by Crippen LogP contribution is 2.32. The van der Waals surface area contributed by atoms with E-state index in [1.165, 1.54) is 6.07 Å². The van der Waals surface area contributed by atoms with Crippen molar-refractivity contribution in [3.8, 4) is 0 Å². The molecular weight excluding hydrogens is 317 g/mol. The summed E-state index contributed by atoms with van der Waals surface area (Å²) in [7, 11) is 0. The number of anilines is 1. The van der Waals surface area contributed by atoms with Crippen molar-refractivity contribution in [1.82, 2.24) is 0 Å². The molecule has 1 aromatic carbocycles. The van der Waals surface area contributed by atoms with E-state index in [0.29, 0.717) is 24.9 Å². The molecule has 1 aromatic rings. The molecule has 1 amide bonds. The summed E-state index contributed by atoms with van der Waals surface area (Å²) in [5.74, 6) is -0.259. The second kappa shape index (κ2) is 9.69. The first-order valence-corrected chi connectivity index (χ1v) is 7.02. The molecule has 0 spiro atoms. The number of amides is 1. The zero-order valence-electron chi connectivity index (χ0n) is 12.5. The summed E-state index contributed by atoms with van der Waals surface area (Å²) in [4.78, 5) is 11.7. The van der Waals surface area contributed by atoms with E-state index >= 15 is 0 Å². The topological polar surface area (TPSA) is 55.1 Å². The van der Waals surface area contributed by atoms with E-state index in [-0.39, 0.29) is 24.0 Å². The Morgan fingerprint density at radius 3 is 2.41 bits per heavy atom. The number of unbranched alkanes of at least 4 members (excludes halogenated alkanes) is 3. The van der Waals surface area contributed by atoms with Crippen molar-refractivity contribution in [3.63, 3.8) is 0 Å². The van der Waals surface area contributed by atoms with Gasteiger partial charge >= 0.3 is 6.18 Å². The van der Waals surface area contributed by atoms with Gasteiger partial charge < -0.3 is 11.1 Å². The molecule has 3 N–H and O–H groups in total. The molecule has 0 fully saturated rings. The quantitative estimate of drug-likeness (QED) is 0.729. The van der Waals surface area contributed by atoms with Gasteiger partial charge in [0.1, 0.15) is 0 Å². The van der Waals surface area contributed by atoms with Gasteiger partial charge in [0.2, 0.25) is 5.91 Å². The van der Waals surface area contributed by atoms with E-state index in [4.69, 9.17) is 5.73 Å². The largest absolute Gasteiger partial charge is 0.416 e. The molecule has 0 heterocycles. The third-order valence-electron chi connectivity index (χ3n) is 3.20. The smallest absolute Gasteiger partial charge is 0.330 e. The Kier molecular flexibility index (Phi) is 9.13. The zero-order chi connectivity index (χ0) is 15.9. The molecule has 0 aromatic heterocycles. The highest BCUT2D eigenvalue weighted by molar-refractivity contribution is 5.91. The Morgan fingerprint density at radius 2 is 1.82 bits per heavy atom. The Morgan fingerprint density at radius 1 is 1.18 bits per heavy atom. The van der Waals surface area contributed by atoms with Crippen molar-refractivity contribution >= 4 is 24.0 Å². The molecule has 0 atom stereocenters. The van der Waals surface area contributed by atoms with E-state index in [1.807, 2.05) is 0 Å². The minimum Gasteiger partial charge on any atom is -0.330 e. The van der Waals surface area contributed by atoms with Crippen molar-refractivity contribution in [3.05, 3.63) is 29.3 Å². The second-order valence-corrected chi connectivity index (χ2v) is 5.03. The van der Waals surface area contributed by atoms with Crippen LogP contribution >= 0.6 is 12.4 Å². The Labute approximate surface area is 134 Å². The summed E-state index contributed by atoms with van der Waals surface area (Å²) in [6.45, 7) is 2.30. The number of aryl methyl sites for hydroxylation is 1. The number of hydrogen-bond donors (Lipinski definition) is 2. The number of halogens is 4. The van der Waals surface area contributed by atoms with Crippen LogP contribution in [0.25, 0.3) is 0 Å². The van der Waals surface area contributed by atoms with Crippen LogP contribution in [-0.2, 0) is 11.0 Å². The Bertz CT molecular complexity index is 478. The van der Waals surface area contributed by atoms with E-state index in [2.05, 4.69) is 5.32 Å². The molecule has 1 rings (SSSR count). The number of nitrogens with one attached hydrogen (secondary N) is 1. The molecule has 0 saturated heterocycles. The third-order valence-corrected chi connectivity index (χ3v) is 3.20. The van der Waals surface area contributed by atoms with Crippen LogP contribution in [0.2, 0.25) is 0 Å². The van der Waals surface area contributed by atoms with Gasteiger partial charge in [0, 0.05) is 12.1 Å². The first-order chi connectivity index (χ1) is 9.84. The number of carbonyl (C=O) groups is 1. The lowest BCUT2D eigenvalue weighted by Crippen LogP contribution is -2.13. The summed E-state index contributed by atoms with van der Waals surface area (Å²) in [6, 6.07) is 3.35. The van der Waals surface area contributed by atoms with Crippen molar-refractivity contribution < 1.29 is 18.0 Å². The Balaban J connectivity index is 0.00000441. The first-order valence-electron chi connectivity index (χ1n) is 7.02. The lowest BCUT2D eigenvalue weighted by Gasteiger charge is -2.12. The molecule has 7 heteroatoms. The second-order valence-electron chi connectivity index (χ2n) is 5.03. The summed E-state index contributed by atoms with van der Waals surface area (Å²) in [5.41, 5.74) is 5.44. The summed E-state index contributed by atoms with van der Waals surface area (Å²) < 4.78 is 37.9. The number of nitrogens with two attached hydrogens (primary N) is 1.